The summed E-state index contributed by atoms with van der Waals surface area (Å²) in [6.07, 6.45) is 1.84. The second-order valence-electron chi connectivity index (χ2n) is 4.77. The van der Waals surface area contributed by atoms with Crippen LogP contribution in [0.3, 0.4) is 0 Å². The number of hydrogen-bond donors (Lipinski definition) is 2. The van der Waals surface area contributed by atoms with E-state index in [9.17, 15) is 9.90 Å². The Kier molecular flexibility index (Phi) is 3.59. The van der Waals surface area contributed by atoms with E-state index in [0.717, 1.165) is 5.69 Å². The van der Waals surface area contributed by atoms with E-state index in [1.54, 1.807) is 6.92 Å². The predicted molar refractivity (Wildman–Crippen MR) is 65.0 cm³/mol. The van der Waals surface area contributed by atoms with Crippen molar-refractivity contribution in [3.63, 3.8) is 0 Å². The molecule has 0 radical (unpaired) electrons. The molecule has 0 saturated heterocycles. The Balaban J connectivity index is 1.99. The van der Waals surface area contributed by atoms with Gasteiger partial charge in [0.2, 0.25) is 0 Å². The molecule has 0 amide bonds. The lowest BCUT2D eigenvalue weighted by Crippen LogP contribution is -2.36. The zero-order valence-corrected chi connectivity index (χ0v) is 10.3. The summed E-state index contributed by atoms with van der Waals surface area (Å²) in [6.45, 7) is 4.49. The van der Waals surface area contributed by atoms with E-state index in [0.29, 0.717) is 24.8 Å². The van der Waals surface area contributed by atoms with Gasteiger partial charge < -0.3 is 10.4 Å². The minimum absolute atomic E-state index is 0.284. The van der Waals surface area contributed by atoms with Crippen molar-refractivity contribution in [2.75, 3.05) is 6.54 Å². The third kappa shape index (κ3) is 3.38. The van der Waals surface area contributed by atoms with Crippen LogP contribution in [0.2, 0.25) is 0 Å². The molecule has 1 atom stereocenters. The fourth-order valence-electron chi connectivity index (χ4n) is 1.86. The fraction of sp³-hybridized carbons (Fsp3) is 0.667. The van der Waals surface area contributed by atoms with E-state index in [1.807, 2.05) is 13.0 Å². The lowest BCUT2D eigenvalue weighted by atomic mass is 10.3. The van der Waals surface area contributed by atoms with Crippen LogP contribution in [0.15, 0.2) is 10.9 Å². The SMILES string of the molecule is Cc1cc(C)n(CC(O)CNC2CC2)c(=O)n1. The van der Waals surface area contributed by atoms with Crippen LogP contribution in [-0.4, -0.2) is 33.3 Å². The molecular formula is C12H19N3O2. The van der Waals surface area contributed by atoms with Crippen molar-refractivity contribution in [1.82, 2.24) is 14.9 Å². The molecule has 1 unspecified atom stereocenters. The van der Waals surface area contributed by atoms with Crippen LogP contribution in [0.5, 0.6) is 0 Å². The first-order valence-electron chi connectivity index (χ1n) is 6.03. The third-order valence-electron chi connectivity index (χ3n) is 2.96. The second-order valence-corrected chi connectivity index (χ2v) is 4.77. The van der Waals surface area contributed by atoms with Gasteiger partial charge in [0, 0.05) is 24.0 Å². The molecule has 17 heavy (non-hydrogen) atoms. The average Bonchev–Trinajstić information content (AvgIpc) is 3.04. The zero-order valence-electron chi connectivity index (χ0n) is 10.3. The number of nitrogens with one attached hydrogen (secondary N) is 1. The average molecular weight is 237 g/mol. The van der Waals surface area contributed by atoms with E-state index in [1.165, 1.54) is 17.4 Å². The molecule has 1 aliphatic carbocycles. The maximum atomic E-state index is 11.7. The molecule has 1 aromatic heterocycles. The highest BCUT2D eigenvalue weighted by atomic mass is 16.3. The topological polar surface area (TPSA) is 67.2 Å². The van der Waals surface area contributed by atoms with Gasteiger partial charge in [0.25, 0.3) is 0 Å². The molecule has 1 saturated carbocycles. The van der Waals surface area contributed by atoms with Crippen molar-refractivity contribution >= 4 is 0 Å². The van der Waals surface area contributed by atoms with Crippen molar-refractivity contribution in [1.29, 1.82) is 0 Å². The van der Waals surface area contributed by atoms with Crippen LogP contribution in [0.4, 0.5) is 0 Å². The number of rotatable bonds is 5. The molecule has 0 bridgehead atoms. The first-order chi connectivity index (χ1) is 8.06. The number of hydrogen-bond acceptors (Lipinski definition) is 4. The van der Waals surface area contributed by atoms with Crippen molar-refractivity contribution < 1.29 is 5.11 Å². The second kappa shape index (κ2) is 4.98. The largest absolute Gasteiger partial charge is 0.390 e. The maximum absolute atomic E-state index is 11.7. The maximum Gasteiger partial charge on any atom is 0.348 e. The van der Waals surface area contributed by atoms with Gasteiger partial charge in [0.15, 0.2) is 0 Å². The van der Waals surface area contributed by atoms with Crippen molar-refractivity contribution in [2.24, 2.45) is 0 Å². The monoisotopic (exact) mass is 237 g/mol. The van der Waals surface area contributed by atoms with Crippen molar-refractivity contribution in [3.8, 4) is 0 Å². The van der Waals surface area contributed by atoms with Crippen molar-refractivity contribution in [3.05, 3.63) is 27.9 Å². The molecule has 0 aliphatic heterocycles. The molecule has 1 heterocycles. The summed E-state index contributed by atoms with van der Waals surface area (Å²) in [6, 6.07) is 2.42. The van der Waals surface area contributed by atoms with E-state index < -0.39 is 6.10 Å². The Hall–Kier alpha value is -1.20. The first-order valence-corrected chi connectivity index (χ1v) is 6.03. The smallest absolute Gasteiger partial charge is 0.348 e. The minimum atomic E-state index is -0.545. The van der Waals surface area contributed by atoms with E-state index in [2.05, 4.69) is 10.3 Å². The van der Waals surface area contributed by atoms with Gasteiger partial charge in [-0.25, -0.2) is 4.79 Å². The lowest BCUT2D eigenvalue weighted by Gasteiger charge is -2.15. The Morgan fingerprint density at radius 1 is 1.59 bits per heavy atom. The van der Waals surface area contributed by atoms with Crippen LogP contribution in [-0.2, 0) is 6.54 Å². The van der Waals surface area contributed by atoms with E-state index >= 15 is 0 Å². The highest BCUT2D eigenvalue weighted by Crippen LogP contribution is 2.18. The summed E-state index contributed by atoms with van der Waals surface area (Å²) >= 11 is 0. The van der Waals surface area contributed by atoms with Gasteiger partial charge in [0.1, 0.15) is 0 Å². The van der Waals surface area contributed by atoms with Crippen LogP contribution in [0.25, 0.3) is 0 Å². The number of aromatic nitrogens is 2. The van der Waals surface area contributed by atoms with Crippen LogP contribution >= 0.6 is 0 Å². The van der Waals surface area contributed by atoms with Gasteiger partial charge in [-0.1, -0.05) is 0 Å². The summed E-state index contributed by atoms with van der Waals surface area (Å²) in [5, 5.41) is 13.1. The van der Waals surface area contributed by atoms with Gasteiger partial charge in [0.05, 0.1) is 12.6 Å². The fourth-order valence-corrected chi connectivity index (χ4v) is 1.86. The van der Waals surface area contributed by atoms with E-state index in [4.69, 9.17) is 0 Å². The summed E-state index contributed by atoms with van der Waals surface area (Å²) in [4.78, 5) is 15.5. The van der Waals surface area contributed by atoms with Crippen molar-refractivity contribution in [2.45, 2.75) is 45.4 Å². The number of aliphatic hydroxyl groups is 1. The Morgan fingerprint density at radius 2 is 2.29 bits per heavy atom. The molecular weight excluding hydrogens is 218 g/mol. The zero-order chi connectivity index (χ0) is 12.4. The standard InChI is InChI=1S/C12H19N3O2/c1-8-5-9(2)15(12(17)14-8)7-11(16)6-13-10-3-4-10/h5,10-11,13,16H,3-4,6-7H2,1-2H3. The molecule has 1 aromatic rings. The van der Waals surface area contributed by atoms with Gasteiger partial charge in [-0.3, -0.25) is 4.57 Å². The highest BCUT2D eigenvalue weighted by molar-refractivity contribution is 5.06. The van der Waals surface area contributed by atoms with Gasteiger partial charge >= 0.3 is 5.69 Å². The van der Waals surface area contributed by atoms with Crippen LogP contribution in [0, 0.1) is 13.8 Å². The lowest BCUT2D eigenvalue weighted by molar-refractivity contribution is 0.148. The third-order valence-corrected chi connectivity index (χ3v) is 2.96. The molecule has 94 valence electrons. The summed E-state index contributed by atoms with van der Waals surface area (Å²) in [5.74, 6) is 0. The quantitative estimate of drug-likeness (QED) is 0.755. The number of aliphatic hydroxyl groups excluding tert-OH is 1. The molecule has 0 spiro atoms. The first kappa shape index (κ1) is 12.3. The molecule has 0 aromatic carbocycles. The Morgan fingerprint density at radius 3 is 2.88 bits per heavy atom. The summed E-state index contributed by atoms with van der Waals surface area (Å²) in [7, 11) is 0. The Bertz CT molecular complexity index is 452. The molecule has 1 aliphatic rings. The number of aryl methyl sites for hydroxylation is 2. The minimum Gasteiger partial charge on any atom is -0.390 e. The van der Waals surface area contributed by atoms with Crippen LogP contribution < -0.4 is 11.0 Å². The van der Waals surface area contributed by atoms with E-state index in [-0.39, 0.29) is 5.69 Å². The normalized spacial score (nSPS) is 17.1. The summed E-state index contributed by atoms with van der Waals surface area (Å²) < 4.78 is 1.52. The molecule has 2 N–H and O–H groups in total. The number of nitrogens with zero attached hydrogens (tertiary/aromatic N) is 2. The molecule has 1 fully saturated rings. The van der Waals surface area contributed by atoms with Gasteiger partial charge in [-0.05, 0) is 32.8 Å². The van der Waals surface area contributed by atoms with Crippen LogP contribution in [0.1, 0.15) is 24.2 Å². The molecule has 5 nitrogen and oxygen atoms in total. The van der Waals surface area contributed by atoms with Gasteiger partial charge in [-0.15, -0.1) is 0 Å². The predicted octanol–water partition coefficient (Wildman–Crippen LogP) is -0.0270. The molecule has 2 rings (SSSR count). The van der Waals surface area contributed by atoms with Gasteiger partial charge in [-0.2, -0.15) is 4.98 Å². The Labute approximate surface area is 100 Å². The summed E-state index contributed by atoms with van der Waals surface area (Å²) in [5.41, 5.74) is 1.27. The highest BCUT2D eigenvalue weighted by Gasteiger charge is 2.21. The molecule has 5 heteroatoms.